The Kier molecular flexibility index (Phi) is 2.25. The molecule has 0 fully saturated rings. The van der Waals surface area contributed by atoms with Crippen molar-refractivity contribution in [2.24, 2.45) is 0 Å². The summed E-state index contributed by atoms with van der Waals surface area (Å²) >= 11 is 0. The van der Waals surface area contributed by atoms with E-state index in [1.807, 2.05) is 0 Å². The van der Waals surface area contributed by atoms with Crippen molar-refractivity contribution in [1.82, 2.24) is 4.40 Å². The maximum Gasteiger partial charge on any atom is 0.0627 e. The summed E-state index contributed by atoms with van der Waals surface area (Å²) in [6.45, 7) is 0. The van der Waals surface area contributed by atoms with E-state index in [9.17, 15) is 0 Å². The molecule has 132 valence electrons. The zero-order chi connectivity index (χ0) is 18.7. The molecule has 3 heterocycles. The highest BCUT2D eigenvalue weighted by Gasteiger charge is 2.25. The highest BCUT2D eigenvalue weighted by atomic mass is 14.9. The van der Waals surface area contributed by atoms with E-state index >= 15 is 0 Å². The van der Waals surface area contributed by atoms with Crippen molar-refractivity contribution in [2.75, 3.05) is 0 Å². The van der Waals surface area contributed by atoms with Gasteiger partial charge in [-0.2, -0.15) is 0 Å². The lowest BCUT2D eigenvalue weighted by Gasteiger charge is -2.05. The van der Waals surface area contributed by atoms with Crippen LogP contribution < -0.4 is 0 Å². The second-order valence-corrected chi connectivity index (χ2v) is 8.19. The number of nitrogens with zero attached hydrogens (tertiary/aromatic N) is 1. The summed E-state index contributed by atoms with van der Waals surface area (Å²) in [7, 11) is 0. The van der Waals surface area contributed by atoms with E-state index in [0.717, 1.165) is 0 Å². The molecule has 0 aliphatic carbocycles. The third kappa shape index (κ3) is 1.49. The van der Waals surface area contributed by atoms with E-state index in [1.54, 1.807) is 0 Å². The minimum absolute atomic E-state index is 1.27. The van der Waals surface area contributed by atoms with Crippen LogP contribution >= 0.6 is 0 Å². The lowest BCUT2D eigenvalue weighted by atomic mass is 9.98. The molecule has 3 aromatic heterocycles. The van der Waals surface area contributed by atoms with Gasteiger partial charge < -0.3 is 4.40 Å². The Labute approximate surface area is 166 Å². The standard InChI is InChI=1S/C28H15N/c1-2-7-16(8-3-1)18-14-22-20-11-6-12-21-23-13-17-9-4-5-10-19(17)25-24(15-18)27(22)29(26(20)21)28(23)25/h1-15H. The van der Waals surface area contributed by atoms with E-state index < -0.39 is 0 Å². The van der Waals surface area contributed by atoms with Gasteiger partial charge in [-0.05, 0) is 40.1 Å². The first-order chi connectivity index (χ1) is 14.4. The molecule has 29 heavy (non-hydrogen) atoms. The zero-order valence-corrected chi connectivity index (χ0v) is 15.6. The predicted molar refractivity (Wildman–Crippen MR) is 124 cm³/mol. The van der Waals surface area contributed by atoms with Crippen molar-refractivity contribution in [1.29, 1.82) is 0 Å². The summed E-state index contributed by atoms with van der Waals surface area (Å²) in [4.78, 5) is 0. The molecule has 5 aromatic carbocycles. The van der Waals surface area contributed by atoms with Gasteiger partial charge in [0.1, 0.15) is 0 Å². The zero-order valence-electron chi connectivity index (χ0n) is 15.6. The third-order valence-electron chi connectivity index (χ3n) is 6.80. The minimum Gasteiger partial charge on any atom is -0.307 e. The number of hydrogen-bond donors (Lipinski definition) is 0. The van der Waals surface area contributed by atoms with Gasteiger partial charge in [0.2, 0.25) is 0 Å². The first-order valence-corrected chi connectivity index (χ1v) is 10.1. The minimum atomic E-state index is 1.27. The number of fused-ring (bicyclic) bond motifs is 5. The lowest BCUT2D eigenvalue weighted by molar-refractivity contribution is 1.41. The van der Waals surface area contributed by atoms with Crippen LogP contribution in [-0.4, -0.2) is 4.40 Å². The van der Waals surface area contributed by atoms with Crippen LogP contribution in [0, 0.1) is 0 Å². The fourth-order valence-electron chi connectivity index (χ4n) is 5.67. The van der Waals surface area contributed by atoms with Gasteiger partial charge in [0.05, 0.1) is 16.6 Å². The summed E-state index contributed by atoms with van der Waals surface area (Å²) in [6.07, 6.45) is 0. The summed E-state index contributed by atoms with van der Waals surface area (Å²) in [5, 5.41) is 10.9. The van der Waals surface area contributed by atoms with Gasteiger partial charge in [-0.25, -0.2) is 0 Å². The molecule has 0 saturated carbocycles. The van der Waals surface area contributed by atoms with Crippen LogP contribution in [0.5, 0.6) is 0 Å². The molecule has 0 saturated heterocycles. The van der Waals surface area contributed by atoms with Crippen LogP contribution in [-0.2, 0) is 0 Å². The highest BCUT2D eigenvalue weighted by Crippen LogP contribution is 2.49. The SMILES string of the molecule is c1ccc(-c2cc3c4cccc5c6cc7ccccc7c7c(c2)c3n(c45)c67)cc1. The molecule has 1 nitrogen and oxygen atoms in total. The fourth-order valence-corrected chi connectivity index (χ4v) is 5.67. The second kappa shape index (κ2) is 4.59. The second-order valence-electron chi connectivity index (χ2n) is 8.19. The summed E-state index contributed by atoms with van der Waals surface area (Å²) in [5.41, 5.74) is 6.69. The van der Waals surface area contributed by atoms with Crippen molar-refractivity contribution in [2.45, 2.75) is 0 Å². The molecule has 0 amide bonds. The molecule has 0 unspecified atom stereocenters. The van der Waals surface area contributed by atoms with Gasteiger partial charge in [-0.15, -0.1) is 0 Å². The van der Waals surface area contributed by atoms with Crippen LogP contribution in [0.3, 0.4) is 0 Å². The number of para-hydroxylation sites is 1. The van der Waals surface area contributed by atoms with E-state index in [2.05, 4.69) is 95.4 Å². The Hall–Kier alpha value is -3.84. The Balaban J connectivity index is 1.76. The van der Waals surface area contributed by atoms with Crippen LogP contribution in [0.4, 0.5) is 0 Å². The average molecular weight is 365 g/mol. The van der Waals surface area contributed by atoms with E-state index in [4.69, 9.17) is 0 Å². The molecule has 8 rings (SSSR count). The molecule has 0 spiro atoms. The highest BCUT2D eigenvalue weighted by molar-refractivity contribution is 6.38. The molecule has 0 aliphatic rings. The van der Waals surface area contributed by atoms with E-state index in [-0.39, 0.29) is 0 Å². The molecular weight excluding hydrogens is 350 g/mol. The maximum atomic E-state index is 2.53. The fraction of sp³-hybridized carbons (Fsp3) is 0. The lowest BCUT2D eigenvalue weighted by Crippen LogP contribution is -1.79. The molecule has 1 heteroatoms. The number of benzene rings is 5. The van der Waals surface area contributed by atoms with Gasteiger partial charge in [-0.3, -0.25) is 0 Å². The van der Waals surface area contributed by atoms with Gasteiger partial charge in [-0.1, -0.05) is 72.8 Å². The van der Waals surface area contributed by atoms with Gasteiger partial charge >= 0.3 is 0 Å². The van der Waals surface area contributed by atoms with Crippen molar-refractivity contribution < 1.29 is 0 Å². The molecule has 0 N–H and O–H groups in total. The maximum absolute atomic E-state index is 2.53. The van der Waals surface area contributed by atoms with Gasteiger partial charge in [0.25, 0.3) is 0 Å². The van der Waals surface area contributed by atoms with Crippen LogP contribution in [0.2, 0.25) is 0 Å². The normalized spacial score (nSPS) is 12.8. The third-order valence-corrected chi connectivity index (χ3v) is 6.80. The molecular formula is C28H15N. The topological polar surface area (TPSA) is 4.41 Å². The van der Waals surface area contributed by atoms with E-state index in [0.29, 0.717) is 0 Å². The summed E-state index contributed by atoms with van der Waals surface area (Å²) in [6, 6.07) is 33.5. The van der Waals surface area contributed by atoms with Crippen molar-refractivity contribution >= 4 is 59.6 Å². The average Bonchev–Trinajstić information content (AvgIpc) is 3.41. The largest absolute Gasteiger partial charge is 0.307 e. The van der Waals surface area contributed by atoms with Crippen LogP contribution in [0.25, 0.3) is 70.8 Å². The predicted octanol–water partition coefficient (Wildman–Crippen LogP) is 7.69. The number of aromatic nitrogens is 1. The molecule has 0 atom stereocenters. The Bertz CT molecular complexity index is 1840. The number of hydrogen-bond acceptors (Lipinski definition) is 0. The first-order valence-electron chi connectivity index (χ1n) is 10.1. The van der Waals surface area contributed by atoms with Gasteiger partial charge in [0, 0.05) is 32.3 Å². The molecule has 8 aromatic rings. The Morgan fingerprint density at radius 1 is 0.414 bits per heavy atom. The van der Waals surface area contributed by atoms with Crippen LogP contribution in [0.1, 0.15) is 0 Å². The number of rotatable bonds is 1. The van der Waals surface area contributed by atoms with E-state index in [1.165, 1.54) is 70.8 Å². The Morgan fingerprint density at radius 3 is 1.93 bits per heavy atom. The smallest absolute Gasteiger partial charge is 0.0627 e. The quantitative estimate of drug-likeness (QED) is 0.281. The Morgan fingerprint density at radius 2 is 1.07 bits per heavy atom. The van der Waals surface area contributed by atoms with Crippen molar-refractivity contribution in [3.63, 3.8) is 0 Å². The van der Waals surface area contributed by atoms with Gasteiger partial charge in [0.15, 0.2) is 0 Å². The molecule has 0 radical (unpaired) electrons. The summed E-state index contributed by atoms with van der Waals surface area (Å²) in [5.74, 6) is 0. The molecule has 0 bridgehead atoms. The van der Waals surface area contributed by atoms with Crippen LogP contribution in [0.15, 0.2) is 91.0 Å². The summed E-state index contributed by atoms with van der Waals surface area (Å²) < 4.78 is 2.53. The monoisotopic (exact) mass is 365 g/mol. The molecule has 0 aliphatic heterocycles. The van der Waals surface area contributed by atoms with Crippen molar-refractivity contribution in [3.05, 3.63) is 91.0 Å². The first kappa shape index (κ1) is 14.2. The van der Waals surface area contributed by atoms with Crippen molar-refractivity contribution in [3.8, 4) is 11.1 Å².